The van der Waals surface area contributed by atoms with Crippen LogP contribution < -0.4 is 4.57 Å². The number of carbonyl (C=O) groups excluding carboxylic acids is 1. The van der Waals surface area contributed by atoms with Crippen LogP contribution in [0, 0.1) is 5.82 Å². The van der Waals surface area contributed by atoms with Crippen LogP contribution in [0.4, 0.5) is 4.39 Å². The number of rotatable bonds is 5. The molecule has 5 heteroatoms. The molecule has 0 saturated carbocycles. The lowest BCUT2D eigenvalue weighted by molar-refractivity contribution is -0.701. The highest BCUT2D eigenvalue weighted by molar-refractivity contribution is 5.76. The number of unbranched alkanes of at least 4 members (excludes halogenated alkanes) is 1. The number of ether oxygens (including phenoxy) is 1. The van der Waals surface area contributed by atoms with E-state index in [9.17, 15) is 9.18 Å². The van der Waals surface area contributed by atoms with Crippen molar-refractivity contribution in [3.63, 3.8) is 0 Å². The summed E-state index contributed by atoms with van der Waals surface area (Å²) in [5, 5.41) is 0. The van der Waals surface area contributed by atoms with Crippen LogP contribution in [-0.2, 0) is 16.1 Å². The van der Waals surface area contributed by atoms with Crippen LogP contribution in [0.3, 0.4) is 0 Å². The van der Waals surface area contributed by atoms with Gasteiger partial charge in [-0.05, 0) is 18.3 Å². The third-order valence-corrected chi connectivity index (χ3v) is 2.60. The number of hydrogen-bond donors (Lipinski definition) is 0. The van der Waals surface area contributed by atoms with Gasteiger partial charge in [-0.15, -0.1) is 0 Å². The fourth-order valence-electron chi connectivity index (χ4n) is 1.51. The van der Waals surface area contributed by atoms with Gasteiger partial charge in [0, 0.05) is 0 Å². The minimum Gasteiger partial charge on any atom is -0.468 e. The average Bonchev–Trinajstić information content (AvgIpc) is 2.34. The van der Waals surface area contributed by atoms with E-state index in [0.29, 0.717) is 0 Å². The second kappa shape index (κ2) is 6.27. The molecule has 4 nitrogen and oxygen atoms in total. The molecule has 1 heterocycles. The van der Waals surface area contributed by atoms with Crippen molar-refractivity contribution >= 4 is 5.97 Å². The zero-order chi connectivity index (χ0) is 12.8. The maximum atomic E-state index is 13.7. The Hall–Kier alpha value is -1.52. The molecular weight excluding hydrogens is 223 g/mol. The SMILES string of the molecule is CCCC[n+]1cnc(C(C)C(=O)OC)c(F)c1. The lowest BCUT2D eigenvalue weighted by Crippen LogP contribution is -2.35. The molecule has 1 rings (SSSR count). The fourth-order valence-corrected chi connectivity index (χ4v) is 1.51. The molecule has 0 aliphatic carbocycles. The van der Waals surface area contributed by atoms with Crippen LogP contribution in [0.25, 0.3) is 0 Å². The Morgan fingerprint density at radius 1 is 1.65 bits per heavy atom. The molecule has 0 aromatic carbocycles. The fraction of sp³-hybridized carbons (Fsp3) is 0.583. The molecule has 0 fully saturated rings. The molecule has 1 aromatic heterocycles. The number of carbonyl (C=O) groups is 1. The lowest BCUT2D eigenvalue weighted by Gasteiger charge is -2.06. The number of hydrogen-bond acceptors (Lipinski definition) is 3. The molecule has 0 aliphatic rings. The van der Waals surface area contributed by atoms with Crippen LogP contribution >= 0.6 is 0 Å². The van der Waals surface area contributed by atoms with Gasteiger partial charge in [0.25, 0.3) is 6.33 Å². The standard InChI is InChI=1S/C12H18FN2O2/c1-4-5-6-15-7-10(13)11(14-8-15)9(2)12(16)17-3/h7-9H,4-6H2,1-3H3/q+1. The van der Waals surface area contributed by atoms with Gasteiger partial charge in [-0.1, -0.05) is 13.3 Å². The zero-order valence-electron chi connectivity index (χ0n) is 10.4. The van der Waals surface area contributed by atoms with E-state index in [1.54, 1.807) is 17.8 Å². The molecule has 0 bridgehead atoms. The van der Waals surface area contributed by atoms with Crippen LogP contribution in [0.5, 0.6) is 0 Å². The van der Waals surface area contributed by atoms with Gasteiger partial charge in [0.1, 0.15) is 12.1 Å². The summed E-state index contributed by atoms with van der Waals surface area (Å²) in [7, 11) is 1.28. The molecule has 0 radical (unpaired) electrons. The zero-order valence-corrected chi connectivity index (χ0v) is 10.4. The van der Waals surface area contributed by atoms with Gasteiger partial charge >= 0.3 is 5.97 Å². The van der Waals surface area contributed by atoms with Gasteiger partial charge in [-0.2, -0.15) is 4.39 Å². The van der Waals surface area contributed by atoms with Crippen molar-refractivity contribution in [3.05, 3.63) is 24.0 Å². The van der Waals surface area contributed by atoms with E-state index < -0.39 is 17.7 Å². The summed E-state index contributed by atoms with van der Waals surface area (Å²) >= 11 is 0. The number of aromatic nitrogens is 2. The maximum Gasteiger partial charge on any atom is 0.316 e. The van der Waals surface area contributed by atoms with Crippen molar-refractivity contribution in [2.24, 2.45) is 0 Å². The summed E-state index contributed by atoms with van der Waals surface area (Å²) in [6, 6.07) is 0. The van der Waals surface area contributed by atoms with E-state index in [1.807, 2.05) is 0 Å². The van der Waals surface area contributed by atoms with Crippen molar-refractivity contribution in [1.82, 2.24) is 4.98 Å². The quantitative estimate of drug-likeness (QED) is 0.580. The minimum atomic E-state index is -0.680. The smallest absolute Gasteiger partial charge is 0.316 e. The molecule has 0 saturated heterocycles. The summed E-state index contributed by atoms with van der Waals surface area (Å²) in [5.74, 6) is -1.63. The Bertz CT molecular complexity index is 396. The van der Waals surface area contributed by atoms with E-state index in [0.717, 1.165) is 19.4 Å². The highest BCUT2D eigenvalue weighted by Gasteiger charge is 2.26. The summed E-state index contributed by atoms with van der Waals surface area (Å²) in [5.41, 5.74) is 0.129. The lowest BCUT2D eigenvalue weighted by atomic mass is 10.1. The number of nitrogens with zero attached hydrogens (tertiary/aromatic N) is 2. The molecule has 94 valence electrons. The third kappa shape index (κ3) is 3.47. The van der Waals surface area contributed by atoms with Crippen LogP contribution in [0.1, 0.15) is 38.3 Å². The van der Waals surface area contributed by atoms with Crippen molar-refractivity contribution in [1.29, 1.82) is 0 Å². The molecule has 0 spiro atoms. The van der Waals surface area contributed by atoms with Crippen molar-refractivity contribution < 1.29 is 18.5 Å². The van der Waals surface area contributed by atoms with Gasteiger partial charge in [0.15, 0.2) is 0 Å². The number of halogens is 1. The van der Waals surface area contributed by atoms with Crippen LogP contribution in [0.15, 0.2) is 12.5 Å². The predicted octanol–water partition coefficient (Wildman–Crippen LogP) is 1.58. The number of esters is 1. The predicted molar refractivity (Wildman–Crippen MR) is 59.7 cm³/mol. The summed E-state index contributed by atoms with van der Waals surface area (Å²) < 4.78 is 20.0. The molecule has 1 aromatic rings. The Morgan fingerprint density at radius 2 is 2.35 bits per heavy atom. The second-order valence-electron chi connectivity index (χ2n) is 3.94. The Balaban J connectivity index is 2.85. The second-order valence-corrected chi connectivity index (χ2v) is 3.94. The third-order valence-electron chi connectivity index (χ3n) is 2.60. The molecule has 0 amide bonds. The van der Waals surface area contributed by atoms with Crippen molar-refractivity contribution in [3.8, 4) is 0 Å². The van der Waals surface area contributed by atoms with Crippen LogP contribution in [-0.4, -0.2) is 18.1 Å². The Labute approximate surface area is 100 Å². The number of aryl methyl sites for hydroxylation is 1. The van der Waals surface area contributed by atoms with E-state index in [-0.39, 0.29) is 5.69 Å². The summed E-state index contributed by atoms with van der Waals surface area (Å²) in [6.07, 6.45) is 4.93. The topological polar surface area (TPSA) is 43.1 Å². The van der Waals surface area contributed by atoms with E-state index in [4.69, 9.17) is 0 Å². The monoisotopic (exact) mass is 241 g/mol. The first-order valence-corrected chi connectivity index (χ1v) is 5.72. The first-order chi connectivity index (χ1) is 8.10. The Kier molecular flexibility index (Phi) is 5.00. The first-order valence-electron chi connectivity index (χ1n) is 5.72. The van der Waals surface area contributed by atoms with Gasteiger partial charge in [-0.25, -0.2) is 4.57 Å². The molecular formula is C12H18FN2O2+. The van der Waals surface area contributed by atoms with E-state index in [1.165, 1.54) is 13.3 Å². The Morgan fingerprint density at radius 3 is 2.88 bits per heavy atom. The first kappa shape index (κ1) is 13.5. The van der Waals surface area contributed by atoms with Crippen molar-refractivity contribution in [2.45, 2.75) is 39.2 Å². The molecule has 1 atom stereocenters. The van der Waals surface area contributed by atoms with Gasteiger partial charge in [0.2, 0.25) is 11.5 Å². The van der Waals surface area contributed by atoms with E-state index >= 15 is 0 Å². The van der Waals surface area contributed by atoms with Gasteiger partial charge < -0.3 is 4.74 Å². The summed E-state index contributed by atoms with van der Waals surface area (Å²) in [6.45, 7) is 4.37. The largest absolute Gasteiger partial charge is 0.468 e. The molecule has 0 aliphatic heterocycles. The van der Waals surface area contributed by atoms with E-state index in [2.05, 4.69) is 16.6 Å². The average molecular weight is 241 g/mol. The molecule has 17 heavy (non-hydrogen) atoms. The highest BCUT2D eigenvalue weighted by atomic mass is 19.1. The van der Waals surface area contributed by atoms with Gasteiger partial charge in [0.05, 0.1) is 13.7 Å². The van der Waals surface area contributed by atoms with Gasteiger partial charge in [-0.3, -0.25) is 4.79 Å². The normalized spacial score (nSPS) is 12.2. The maximum absolute atomic E-state index is 13.7. The molecule has 0 N–H and O–H groups in total. The minimum absolute atomic E-state index is 0.129. The highest BCUT2D eigenvalue weighted by Crippen LogP contribution is 2.15. The van der Waals surface area contributed by atoms with Crippen LogP contribution in [0.2, 0.25) is 0 Å². The van der Waals surface area contributed by atoms with Crippen molar-refractivity contribution in [2.75, 3.05) is 7.11 Å². The number of methoxy groups -OCH3 is 1. The molecule has 1 unspecified atom stereocenters. The summed E-state index contributed by atoms with van der Waals surface area (Å²) in [4.78, 5) is 15.3.